The van der Waals surface area contributed by atoms with Crippen molar-refractivity contribution >= 4 is 5.78 Å². The van der Waals surface area contributed by atoms with Gasteiger partial charge in [-0.1, -0.05) is 0 Å². The Morgan fingerprint density at radius 1 is 0.889 bits per heavy atom. The van der Waals surface area contributed by atoms with Crippen molar-refractivity contribution in [3.05, 3.63) is 58.7 Å². The summed E-state index contributed by atoms with van der Waals surface area (Å²) in [6.07, 6.45) is 0. The number of ketones is 1. The molecule has 0 radical (unpaired) electrons. The summed E-state index contributed by atoms with van der Waals surface area (Å²) in [6.45, 7) is 3.58. The number of benzene rings is 2. The molecule has 0 unspecified atom stereocenters. The predicted octanol–water partition coefficient (Wildman–Crippen LogP) is 2.95. The highest BCUT2D eigenvalue weighted by Gasteiger charge is 2.15. The monoisotopic (exact) mass is 242 g/mol. The summed E-state index contributed by atoms with van der Waals surface area (Å²) in [7, 11) is 0. The topological polar surface area (TPSA) is 57.5 Å². The SMILES string of the molecule is Cc1cc(O)cc(C)c1C(=O)c1ccc(O)cc1. The second-order valence-electron chi connectivity index (χ2n) is 4.33. The van der Waals surface area contributed by atoms with Crippen molar-refractivity contribution in [2.45, 2.75) is 13.8 Å². The van der Waals surface area contributed by atoms with Gasteiger partial charge < -0.3 is 10.2 Å². The van der Waals surface area contributed by atoms with Gasteiger partial charge in [-0.15, -0.1) is 0 Å². The lowest BCUT2D eigenvalue weighted by Gasteiger charge is -2.09. The number of hydrogen-bond acceptors (Lipinski definition) is 3. The van der Waals surface area contributed by atoms with Crippen LogP contribution in [0.4, 0.5) is 0 Å². The van der Waals surface area contributed by atoms with Crippen LogP contribution in [0.1, 0.15) is 27.0 Å². The highest BCUT2D eigenvalue weighted by Crippen LogP contribution is 2.24. The van der Waals surface area contributed by atoms with E-state index in [4.69, 9.17) is 0 Å². The number of phenolic OH excluding ortho intramolecular Hbond substituents is 2. The zero-order valence-corrected chi connectivity index (χ0v) is 10.3. The predicted molar refractivity (Wildman–Crippen MR) is 69.1 cm³/mol. The molecule has 0 bridgehead atoms. The van der Waals surface area contributed by atoms with E-state index in [1.165, 1.54) is 12.1 Å². The molecular formula is C15H14O3. The molecule has 3 heteroatoms. The lowest BCUT2D eigenvalue weighted by atomic mass is 9.94. The van der Waals surface area contributed by atoms with Gasteiger partial charge >= 0.3 is 0 Å². The molecule has 2 rings (SSSR count). The number of phenols is 2. The number of aromatic hydroxyl groups is 2. The second kappa shape index (κ2) is 4.53. The number of hydrogen-bond donors (Lipinski definition) is 2. The summed E-state index contributed by atoms with van der Waals surface area (Å²) < 4.78 is 0. The minimum Gasteiger partial charge on any atom is -0.508 e. The number of rotatable bonds is 2. The highest BCUT2D eigenvalue weighted by molar-refractivity contribution is 6.10. The normalized spacial score (nSPS) is 10.3. The van der Waals surface area contributed by atoms with Crippen molar-refractivity contribution in [2.24, 2.45) is 0 Å². The van der Waals surface area contributed by atoms with Crippen LogP contribution in [0.5, 0.6) is 11.5 Å². The fraction of sp³-hybridized carbons (Fsp3) is 0.133. The summed E-state index contributed by atoms with van der Waals surface area (Å²) in [5.41, 5.74) is 2.60. The molecule has 0 amide bonds. The van der Waals surface area contributed by atoms with Crippen LogP contribution < -0.4 is 0 Å². The van der Waals surface area contributed by atoms with Crippen LogP contribution >= 0.6 is 0 Å². The first-order valence-corrected chi connectivity index (χ1v) is 5.63. The summed E-state index contributed by atoms with van der Waals surface area (Å²) in [4.78, 5) is 12.3. The van der Waals surface area contributed by atoms with Gasteiger partial charge in [0, 0.05) is 11.1 Å². The average molecular weight is 242 g/mol. The van der Waals surface area contributed by atoms with Crippen LogP contribution in [0.2, 0.25) is 0 Å². The van der Waals surface area contributed by atoms with Crippen LogP contribution in [0.25, 0.3) is 0 Å². The van der Waals surface area contributed by atoms with Crippen molar-refractivity contribution in [3.63, 3.8) is 0 Å². The minimum atomic E-state index is -0.106. The van der Waals surface area contributed by atoms with Crippen molar-refractivity contribution < 1.29 is 15.0 Å². The Bertz CT molecular complexity index is 575. The van der Waals surface area contributed by atoms with Gasteiger partial charge in [-0.25, -0.2) is 0 Å². The summed E-state index contributed by atoms with van der Waals surface area (Å²) in [5.74, 6) is 0.183. The molecule has 3 nitrogen and oxygen atoms in total. The third-order valence-electron chi connectivity index (χ3n) is 2.87. The van der Waals surface area contributed by atoms with Gasteiger partial charge in [0.1, 0.15) is 11.5 Å². The van der Waals surface area contributed by atoms with Crippen LogP contribution in [0, 0.1) is 13.8 Å². The number of aryl methyl sites for hydroxylation is 2. The van der Waals surface area contributed by atoms with Crippen molar-refractivity contribution in [2.75, 3.05) is 0 Å². The molecule has 0 spiro atoms. The maximum absolute atomic E-state index is 12.3. The van der Waals surface area contributed by atoms with E-state index in [1.807, 2.05) is 0 Å². The number of carbonyl (C=O) groups is 1. The Labute approximate surface area is 105 Å². The Balaban J connectivity index is 2.49. The van der Waals surface area contributed by atoms with Crippen LogP contribution in [0.3, 0.4) is 0 Å². The van der Waals surface area contributed by atoms with E-state index in [0.29, 0.717) is 11.1 Å². The lowest BCUT2D eigenvalue weighted by Crippen LogP contribution is -2.06. The standard InChI is InChI=1S/C15H14O3/c1-9-7-13(17)8-10(2)14(9)15(18)11-3-5-12(16)6-4-11/h3-8,16-17H,1-2H3. The molecule has 0 saturated heterocycles. The average Bonchev–Trinajstić information content (AvgIpc) is 2.28. The van der Waals surface area contributed by atoms with E-state index < -0.39 is 0 Å². The first kappa shape index (κ1) is 12.2. The molecule has 18 heavy (non-hydrogen) atoms. The van der Waals surface area contributed by atoms with Gasteiger partial charge in [-0.05, 0) is 61.4 Å². The molecule has 2 aromatic carbocycles. The smallest absolute Gasteiger partial charge is 0.193 e. The quantitative estimate of drug-likeness (QED) is 0.796. The van der Waals surface area contributed by atoms with Gasteiger partial charge in [0.2, 0.25) is 0 Å². The molecule has 92 valence electrons. The molecule has 0 fully saturated rings. The minimum absolute atomic E-state index is 0.106. The fourth-order valence-corrected chi connectivity index (χ4v) is 2.06. The summed E-state index contributed by atoms with van der Waals surface area (Å²) >= 11 is 0. The first-order chi connectivity index (χ1) is 8.49. The third-order valence-corrected chi connectivity index (χ3v) is 2.87. The summed E-state index contributed by atoms with van der Waals surface area (Å²) in [6, 6.07) is 9.28. The third kappa shape index (κ3) is 2.20. The molecule has 0 saturated carbocycles. The van der Waals surface area contributed by atoms with E-state index in [1.54, 1.807) is 38.1 Å². The summed E-state index contributed by atoms with van der Waals surface area (Å²) in [5, 5.41) is 18.7. The molecule has 0 aromatic heterocycles. The second-order valence-corrected chi connectivity index (χ2v) is 4.33. The van der Waals surface area contributed by atoms with Gasteiger partial charge in [0.05, 0.1) is 0 Å². The fourth-order valence-electron chi connectivity index (χ4n) is 2.06. The zero-order valence-electron chi connectivity index (χ0n) is 10.3. The Morgan fingerprint density at radius 2 is 1.39 bits per heavy atom. The highest BCUT2D eigenvalue weighted by atomic mass is 16.3. The van der Waals surface area contributed by atoms with Gasteiger partial charge in [0.25, 0.3) is 0 Å². The molecule has 0 aliphatic rings. The van der Waals surface area contributed by atoms with Crippen LogP contribution in [-0.4, -0.2) is 16.0 Å². The van der Waals surface area contributed by atoms with Gasteiger partial charge in [-0.3, -0.25) is 4.79 Å². The van der Waals surface area contributed by atoms with Crippen LogP contribution in [0.15, 0.2) is 36.4 Å². The molecule has 2 N–H and O–H groups in total. The van der Waals surface area contributed by atoms with Crippen molar-refractivity contribution in [1.82, 2.24) is 0 Å². The van der Waals surface area contributed by atoms with E-state index in [-0.39, 0.29) is 17.3 Å². The maximum atomic E-state index is 12.3. The van der Waals surface area contributed by atoms with Crippen LogP contribution in [-0.2, 0) is 0 Å². The van der Waals surface area contributed by atoms with E-state index in [2.05, 4.69) is 0 Å². The lowest BCUT2D eigenvalue weighted by molar-refractivity contribution is 0.103. The molecule has 0 aliphatic heterocycles. The Morgan fingerprint density at radius 3 is 1.89 bits per heavy atom. The largest absolute Gasteiger partial charge is 0.508 e. The molecular weight excluding hydrogens is 228 g/mol. The van der Waals surface area contributed by atoms with E-state index in [9.17, 15) is 15.0 Å². The molecule has 0 heterocycles. The van der Waals surface area contributed by atoms with E-state index in [0.717, 1.165) is 11.1 Å². The molecule has 0 aliphatic carbocycles. The molecule has 0 atom stereocenters. The molecule has 2 aromatic rings. The maximum Gasteiger partial charge on any atom is 0.193 e. The number of carbonyl (C=O) groups excluding carboxylic acids is 1. The Kier molecular flexibility index (Phi) is 3.06. The first-order valence-electron chi connectivity index (χ1n) is 5.63. The van der Waals surface area contributed by atoms with Gasteiger partial charge in [-0.2, -0.15) is 0 Å². The zero-order chi connectivity index (χ0) is 13.3. The Hall–Kier alpha value is -2.29. The van der Waals surface area contributed by atoms with E-state index >= 15 is 0 Å². The van der Waals surface area contributed by atoms with Gasteiger partial charge in [0.15, 0.2) is 5.78 Å². The van der Waals surface area contributed by atoms with Crippen molar-refractivity contribution in [3.8, 4) is 11.5 Å². The van der Waals surface area contributed by atoms with Crippen molar-refractivity contribution in [1.29, 1.82) is 0 Å².